The van der Waals surface area contributed by atoms with Crippen LogP contribution in [0.25, 0.3) is 10.9 Å². The van der Waals surface area contributed by atoms with Gasteiger partial charge in [-0.2, -0.15) is 0 Å². The number of nitrogens with one attached hydrogen (secondary N) is 2. The van der Waals surface area contributed by atoms with Crippen molar-refractivity contribution < 1.29 is 4.79 Å². The van der Waals surface area contributed by atoms with Gasteiger partial charge in [-0.1, -0.05) is 41.6 Å². The second-order valence-corrected chi connectivity index (χ2v) is 7.57. The summed E-state index contributed by atoms with van der Waals surface area (Å²) in [5, 5.41) is 7.74. The Labute approximate surface area is 161 Å². The van der Waals surface area contributed by atoms with Crippen LogP contribution in [0.4, 0.5) is 11.5 Å². The fourth-order valence-electron chi connectivity index (χ4n) is 2.47. The standard InChI is InChI=1S/C19H19ClN4OS/c1-11-8-9-13(20)10-16(11)22-18(25)12(2)26-19-23-15-7-5-4-6-14(15)17(21-3)24-19/h4-10,12H,1-3H3,(H,22,25)(H,21,23,24). The summed E-state index contributed by atoms with van der Waals surface area (Å²) in [6.45, 7) is 3.76. The van der Waals surface area contributed by atoms with E-state index in [-0.39, 0.29) is 11.2 Å². The summed E-state index contributed by atoms with van der Waals surface area (Å²) in [5.41, 5.74) is 2.51. The molecule has 0 saturated heterocycles. The molecule has 3 aromatic rings. The molecule has 2 N–H and O–H groups in total. The van der Waals surface area contributed by atoms with Gasteiger partial charge in [0.05, 0.1) is 10.8 Å². The summed E-state index contributed by atoms with van der Waals surface area (Å²) < 4.78 is 0. The Morgan fingerprint density at radius 1 is 1.19 bits per heavy atom. The molecule has 0 fully saturated rings. The van der Waals surface area contributed by atoms with Gasteiger partial charge < -0.3 is 10.6 Å². The summed E-state index contributed by atoms with van der Waals surface area (Å²) in [7, 11) is 1.82. The van der Waals surface area contributed by atoms with Crippen LogP contribution in [0.3, 0.4) is 0 Å². The summed E-state index contributed by atoms with van der Waals surface area (Å²) >= 11 is 7.33. The van der Waals surface area contributed by atoms with Gasteiger partial charge in [0, 0.05) is 23.1 Å². The number of amides is 1. The first-order chi connectivity index (χ1) is 12.5. The van der Waals surface area contributed by atoms with Crippen molar-refractivity contribution in [1.29, 1.82) is 0 Å². The number of nitrogens with zero attached hydrogens (tertiary/aromatic N) is 2. The van der Waals surface area contributed by atoms with Crippen LogP contribution in [0.1, 0.15) is 12.5 Å². The second-order valence-electron chi connectivity index (χ2n) is 5.83. The van der Waals surface area contributed by atoms with Gasteiger partial charge in [0.15, 0.2) is 5.16 Å². The highest BCUT2D eigenvalue weighted by molar-refractivity contribution is 8.00. The minimum atomic E-state index is -0.362. The van der Waals surface area contributed by atoms with E-state index in [1.165, 1.54) is 11.8 Å². The highest BCUT2D eigenvalue weighted by atomic mass is 35.5. The number of halogens is 1. The Balaban J connectivity index is 1.79. The predicted octanol–water partition coefficient (Wildman–Crippen LogP) is 4.75. The van der Waals surface area contributed by atoms with Gasteiger partial charge in [0.25, 0.3) is 0 Å². The number of hydrogen-bond donors (Lipinski definition) is 2. The molecule has 0 aliphatic rings. The van der Waals surface area contributed by atoms with Gasteiger partial charge >= 0.3 is 0 Å². The molecule has 0 saturated carbocycles. The SMILES string of the molecule is CNc1nc(SC(C)C(=O)Nc2cc(Cl)ccc2C)nc2ccccc12. The number of para-hydroxylation sites is 1. The number of thioether (sulfide) groups is 1. The van der Waals surface area contributed by atoms with E-state index in [0.29, 0.717) is 15.9 Å². The van der Waals surface area contributed by atoms with E-state index in [4.69, 9.17) is 11.6 Å². The van der Waals surface area contributed by atoms with Gasteiger partial charge in [0.2, 0.25) is 5.91 Å². The highest BCUT2D eigenvalue weighted by Crippen LogP contribution is 2.27. The van der Waals surface area contributed by atoms with E-state index in [0.717, 1.165) is 22.3 Å². The largest absolute Gasteiger partial charge is 0.372 e. The molecule has 26 heavy (non-hydrogen) atoms. The molecular weight excluding hydrogens is 368 g/mol. The molecule has 7 heteroatoms. The molecule has 1 unspecified atom stereocenters. The van der Waals surface area contributed by atoms with E-state index < -0.39 is 0 Å². The van der Waals surface area contributed by atoms with Gasteiger partial charge in [0.1, 0.15) is 5.82 Å². The number of carbonyl (C=O) groups is 1. The number of anilines is 2. The van der Waals surface area contributed by atoms with Crippen LogP contribution in [-0.4, -0.2) is 28.2 Å². The third-order valence-corrected chi connectivity index (χ3v) is 5.12. The third-order valence-electron chi connectivity index (χ3n) is 3.93. The molecule has 3 rings (SSSR count). The number of fused-ring (bicyclic) bond motifs is 1. The molecule has 1 aromatic heterocycles. The zero-order valence-corrected chi connectivity index (χ0v) is 16.3. The summed E-state index contributed by atoms with van der Waals surface area (Å²) in [4.78, 5) is 21.6. The maximum atomic E-state index is 12.6. The Morgan fingerprint density at radius 2 is 1.96 bits per heavy atom. The fourth-order valence-corrected chi connectivity index (χ4v) is 3.42. The van der Waals surface area contributed by atoms with Crippen molar-refractivity contribution in [3.63, 3.8) is 0 Å². The minimum absolute atomic E-state index is 0.122. The third kappa shape index (κ3) is 4.08. The number of aryl methyl sites for hydroxylation is 1. The molecule has 1 amide bonds. The smallest absolute Gasteiger partial charge is 0.237 e. The number of hydrogen-bond acceptors (Lipinski definition) is 5. The normalized spacial score (nSPS) is 12.0. The van der Waals surface area contributed by atoms with Crippen LogP contribution in [0.5, 0.6) is 0 Å². The maximum Gasteiger partial charge on any atom is 0.237 e. The van der Waals surface area contributed by atoms with Crippen molar-refractivity contribution in [2.24, 2.45) is 0 Å². The van der Waals surface area contributed by atoms with Crippen molar-refractivity contribution in [3.05, 3.63) is 53.1 Å². The average molecular weight is 387 g/mol. The van der Waals surface area contributed by atoms with Crippen LogP contribution in [0.15, 0.2) is 47.6 Å². The van der Waals surface area contributed by atoms with E-state index in [9.17, 15) is 4.79 Å². The highest BCUT2D eigenvalue weighted by Gasteiger charge is 2.18. The van der Waals surface area contributed by atoms with Crippen LogP contribution in [-0.2, 0) is 4.79 Å². The molecule has 0 bridgehead atoms. The van der Waals surface area contributed by atoms with Gasteiger partial charge in [-0.05, 0) is 43.7 Å². The van der Waals surface area contributed by atoms with E-state index in [2.05, 4.69) is 20.6 Å². The van der Waals surface area contributed by atoms with E-state index >= 15 is 0 Å². The summed E-state index contributed by atoms with van der Waals surface area (Å²) in [5.74, 6) is 0.625. The van der Waals surface area contributed by atoms with Crippen LogP contribution in [0.2, 0.25) is 5.02 Å². The number of benzene rings is 2. The summed E-state index contributed by atoms with van der Waals surface area (Å²) in [6.07, 6.45) is 0. The van der Waals surface area contributed by atoms with Gasteiger partial charge in [-0.15, -0.1) is 0 Å². The molecule has 2 aromatic carbocycles. The molecule has 0 aliphatic heterocycles. The lowest BCUT2D eigenvalue weighted by molar-refractivity contribution is -0.115. The molecule has 0 radical (unpaired) electrons. The first kappa shape index (κ1) is 18.5. The Bertz CT molecular complexity index is 963. The van der Waals surface area contributed by atoms with Gasteiger partial charge in [-0.25, -0.2) is 9.97 Å². The maximum absolute atomic E-state index is 12.6. The zero-order valence-electron chi connectivity index (χ0n) is 14.7. The molecule has 0 spiro atoms. The first-order valence-electron chi connectivity index (χ1n) is 8.16. The molecule has 1 atom stereocenters. The number of aromatic nitrogens is 2. The van der Waals surface area contributed by atoms with Gasteiger partial charge in [-0.3, -0.25) is 4.79 Å². The molecule has 134 valence electrons. The molecular formula is C19H19ClN4OS. The van der Waals surface area contributed by atoms with Crippen molar-refractivity contribution >= 4 is 51.7 Å². The molecule has 5 nitrogen and oxygen atoms in total. The Morgan fingerprint density at radius 3 is 2.73 bits per heavy atom. The average Bonchev–Trinajstić information content (AvgIpc) is 2.63. The minimum Gasteiger partial charge on any atom is -0.372 e. The first-order valence-corrected chi connectivity index (χ1v) is 9.42. The Hall–Kier alpha value is -2.31. The Kier molecular flexibility index (Phi) is 5.64. The topological polar surface area (TPSA) is 66.9 Å². The number of carbonyl (C=O) groups excluding carboxylic acids is 1. The quantitative estimate of drug-likeness (QED) is 0.489. The zero-order chi connectivity index (χ0) is 18.7. The van der Waals surface area contributed by atoms with Crippen LogP contribution >= 0.6 is 23.4 Å². The second kappa shape index (κ2) is 7.93. The molecule has 1 heterocycles. The van der Waals surface area contributed by atoms with E-state index in [1.807, 2.05) is 51.2 Å². The molecule has 0 aliphatic carbocycles. The van der Waals surface area contributed by atoms with Crippen molar-refractivity contribution in [2.75, 3.05) is 17.7 Å². The fraction of sp³-hybridized carbons (Fsp3) is 0.211. The van der Waals surface area contributed by atoms with Crippen molar-refractivity contribution in [3.8, 4) is 0 Å². The van der Waals surface area contributed by atoms with Crippen molar-refractivity contribution in [2.45, 2.75) is 24.3 Å². The lowest BCUT2D eigenvalue weighted by atomic mass is 10.2. The summed E-state index contributed by atoms with van der Waals surface area (Å²) in [6, 6.07) is 13.2. The lowest BCUT2D eigenvalue weighted by Gasteiger charge is -2.14. The lowest BCUT2D eigenvalue weighted by Crippen LogP contribution is -2.23. The van der Waals surface area contributed by atoms with Crippen molar-refractivity contribution in [1.82, 2.24) is 9.97 Å². The number of rotatable bonds is 5. The van der Waals surface area contributed by atoms with Crippen LogP contribution in [0, 0.1) is 6.92 Å². The monoisotopic (exact) mass is 386 g/mol. The predicted molar refractivity (Wildman–Crippen MR) is 109 cm³/mol. The van der Waals surface area contributed by atoms with E-state index in [1.54, 1.807) is 12.1 Å². The van der Waals surface area contributed by atoms with Crippen LogP contribution < -0.4 is 10.6 Å².